The minimum absolute atomic E-state index is 0.189. The smallest absolute Gasteiger partial charge is 0.291 e. The lowest BCUT2D eigenvalue weighted by atomic mass is 10.1. The maximum atomic E-state index is 13.2. The summed E-state index contributed by atoms with van der Waals surface area (Å²) in [6.45, 7) is 9.35. The zero-order valence-electron chi connectivity index (χ0n) is 20.8. The van der Waals surface area contributed by atoms with Crippen LogP contribution >= 0.6 is 0 Å². The van der Waals surface area contributed by atoms with E-state index in [9.17, 15) is 9.59 Å². The van der Waals surface area contributed by atoms with Crippen molar-refractivity contribution in [2.45, 2.75) is 20.8 Å². The summed E-state index contributed by atoms with van der Waals surface area (Å²) in [5.41, 5.74) is 3.12. The van der Waals surface area contributed by atoms with Crippen LogP contribution in [0.5, 0.6) is 11.5 Å². The average molecular weight is 494 g/mol. The summed E-state index contributed by atoms with van der Waals surface area (Å²) < 4.78 is 22.4. The van der Waals surface area contributed by atoms with Gasteiger partial charge in [0.15, 0.2) is 5.76 Å². The van der Waals surface area contributed by atoms with Crippen LogP contribution in [-0.4, -0.2) is 51.3 Å². The third-order valence-corrected chi connectivity index (χ3v) is 5.75. The summed E-state index contributed by atoms with van der Waals surface area (Å²) in [6, 6.07) is 12.0. The number of nitrogens with zero attached hydrogens (tertiary/aromatic N) is 1. The van der Waals surface area contributed by atoms with Gasteiger partial charge >= 0.3 is 0 Å². The quantitative estimate of drug-likeness (QED) is 0.444. The molecule has 0 saturated carbocycles. The molecule has 1 aromatic heterocycles. The second-order valence-corrected chi connectivity index (χ2v) is 8.20. The third kappa shape index (κ3) is 5.80. The topological polar surface area (TPSA) is 102 Å². The molecule has 2 heterocycles. The summed E-state index contributed by atoms with van der Waals surface area (Å²) >= 11 is 0. The van der Waals surface area contributed by atoms with Crippen LogP contribution in [0.1, 0.15) is 40.3 Å². The number of benzene rings is 2. The molecule has 0 aliphatic carbocycles. The Morgan fingerprint density at radius 2 is 1.64 bits per heavy atom. The number of rotatable bonds is 9. The maximum absolute atomic E-state index is 13.2. The normalized spacial score (nSPS) is 13.2. The highest BCUT2D eigenvalue weighted by Gasteiger charge is 2.21. The van der Waals surface area contributed by atoms with E-state index in [0.29, 0.717) is 54.9 Å². The summed E-state index contributed by atoms with van der Waals surface area (Å²) in [5, 5.41) is 5.75. The molecule has 1 aliphatic heterocycles. The van der Waals surface area contributed by atoms with Gasteiger partial charge in [0, 0.05) is 36.5 Å². The number of furan rings is 1. The Morgan fingerprint density at radius 3 is 2.33 bits per heavy atom. The lowest BCUT2D eigenvalue weighted by Gasteiger charge is -2.31. The summed E-state index contributed by atoms with van der Waals surface area (Å²) in [6.07, 6.45) is 1.43. The predicted molar refractivity (Wildman–Crippen MR) is 138 cm³/mol. The number of aryl methyl sites for hydroxylation is 1. The van der Waals surface area contributed by atoms with Crippen LogP contribution in [0.3, 0.4) is 0 Å². The Hall–Kier alpha value is -3.98. The standard InChI is InChI=1S/C27H31N3O6/c1-4-34-24-17-22(30-10-13-33-14-11-30)25(35-5-2)16-21(24)29-26(31)19-9-8-18(3)20(15-19)28-27(32)23-7-6-12-36-23/h6-9,12,15-17H,4-5,10-11,13-14H2,1-3H3,(H,28,32)(H,29,31). The molecule has 0 bridgehead atoms. The lowest BCUT2D eigenvalue weighted by Crippen LogP contribution is -2.36. The van der Waals surface area contributed by atoms with Crippen molar-refractivity contribution in [1.29, 1.82) is 0 Å². The molecular weight excluding hydrogens is 462 g/mol. The Labute approximate surface area is 210 Å². The molecule has 0 radical (unpaired) electrons. The fraction of sp³-hybridized carbons (Fsp3) is 0.333. The van der Waals surface area contributed by atoms with E-state index in [-0.39, 0.29) is 17.6 Å². The number of hydrogen-bond donors (Lipinski definition) is 2. The molecule has 2 aromatic carbocycles. The number of hydrogen-bond acceptors (Lipinski definition) is 7. The molecule has 1 saturated heterocycles. The van der Waals surface area contributed by atoms with Crippen LogP contribution in [0.25, 0.3) is 0 Å². The Morgan fingerprint density at radius 1 is 0.917 bits per heavy atom. The van der Waals surface area contributed by atoms with Gasteiger partial charge in [-0.3, -0.25) is 9.59 Å². The number of anilines is 3. The molecule has 0 atom stereocenters. The van der Waals surface area contributed by atoms with Crippen molar-refractivity contribution in [3.63, 3.8) is 0 Å². The first-order valence-electron chi connectivity index (χ1n) is 12.0. The number of carbonyl (C=O) groups is 2. The van der Waals surface area contributed by atoms with Crippen molar-refractivity contribution in [1.82, 2.24) is 0 Å². The number of amides is 2. The molecule has 2 N–H and O–H groups in total. The van der Waals surface area contributed by atoms with Gasteiger partial charge in [0.1, 0.15) is 11.5 Å². The highest BCUT2D eigenvalue weighted by atomic mass is 16.5. The molecule has 9 nitrogen and oxygen atoms in total. The van der Waals surface area contributed by atoms with Gasteiger partial charge in [-0.1, -0.05) is 6.07 Å². The minimum Gasteiger partial charge on any atom is -0.492 e. The van der Waals surface area contributed by atoms with Crippen molar-refractivity contribution in [2.75, 3.05) is 55.1 Å². The number of ether oxygens (including phenoxy) is 3. The summed E-state index contributed by atoms with van der Waals surface area (Å²) in [5.74, 6) is 0.669. The van der Waals surface area contributed by atoms with Gasteiger partial charge in [-0.2, -0.15) is 0 Å². The summed E-state index contributed by atoms with van der Waals surface area (Å²) in [7, 11) is 0. The molecule has 2 amide bonds. The molecule has 9 heteroatoms. The third-order valence-electron chi connectivity index (χ3n) is 5.75. The molecule has 0 spiro atoms. The van der Waals surface area contributed by atoms with Gasteiger partial charge < -0.3 is 34.2 Å². The van der Waals surface area contributed by atoms with E-state index in [2.05, 4.69) is 15.5 Å². The fourth-order valence-electron chi connectivity index (χ4n) is 3.93. The number of carbonyl (C=O) groups excluding carboxylic acids is 2. The fourth-order valence-corrected chi connectivity index (χ4v) is 3.93. The molecular formula is C27H31N3O6. The van der Waals surface area contributed by atoms with Crippen LogP contribution in [0.4, 0.5) is 17.1 Å². The monoisotopic (exact) mass is 493 g/mol. The highest BCUT2D eigenvalue weighted by molar-refractivity contribution is 6.07. The number of nitrogens with one attached hydrogen (secondary N) is 2. The highest BCUT2D eigenvalue weighted by Crippen LogP contribution is 2.39. The van der Waals surface area contributed by atoms with E-state index >= 15 is 0 Å². The van der Waals surface area contributed by atoms with E-state index < -0.39 is 0 Å². The molecule has 1 aliphatic rings. The first-order valence-corrected chi connectivity index (χ1v) is 12.0. The van der Waals surface area contributed by atoms with E-state index in [4.69, 9.17) is 18.6 Å². The zero-order valence-corrected chi connectivity index (χ0v) is 20.8. The first kappa shape index (κ1) is 25.1. The van der Waals surface area contributed by atoms with Crippen LogP contribution in [0.15, 0.2) is 53.1 Å². The largest absolute Gasteiger partial charge is 0.492 e. The zero-order chi connectivity index (χ0) is 25.5. The first-order chi connectivity index (χ1) is 17.5. The SMILES string of the molecule is CCOc1cc(N2CCOCC2)c(OCC)cc1NC(=O)c1ccc(C)c(NC(=O)c2ccco2)c1. The van der Waals surface area contributed by atoms with Gasteiger partial charge in [0.25, 0.3) is 11.8 Å². The van der Waals surface area contributed by atoms with Gasteiger partial charge in [-0.25, -0.2) is 0 Å². The second-order valence-electron chi connectivity index (χ2n) is 8.20. The molecule has 3 aromatic rings. The summed E-state index contributed by atoms with van der Waals surface area (Å²) in [4.78, 5) is 27.9. The van der Waals surface area contributed by atoms with Gasteiger partial charge in [-0.15, -0.1) is 0 Å². The van der Waals surface area contributed by atoms with Crippen molar-refractivity contribution >= 4 is 28.9 Å². The van der Waals surface area contributed by atoms with Crippen LogP contribution in [-0.2, 0) is 4.74 Å². The average Bonchev–Trinajstić information content (AvgIpc) is 3.43. The Bertz CT molecular complexity index is 1200. The molecule has 36 heavy (non-hydrogen) atoms. The van der Waals surface area contributed by atoms with Crippen molar-refractivity contribution in [3.8, 4) is 11.5 Å². The molecule has 190 valence electrons. The molecule has 0 unspecified atom stereocenters. The van der Waals surface area contributed by atoms with E-state index in [1.165, 1.54) is 6.26 Å². The molecule has 4 rings (SSSR count). The van der Waals surface area contributed by atoms with E-state index in [0.717, 1.165) is 24.3 Å². The Balaban J connectivity index is 1.60. The van der Waals surface area contributed by atoms with Crippen LogP contribution < -0.4 is 25.0 Å². The van der Waals surface area contributed by atoms with E-state index in [1.807, 2.05) is 26.8 Å². The van der Waals surface area contributed by atoms with Crippen molar-refractivity contribution < 1.29 is 28.2 Å². The van der Waals surface area contributed by atoms with Gasteiger partial charge in [0.2, 0.25) is 0 Å². The second kappa shape index (κ2) is 11.6. The van der Waals surface area contributed by atoms with Crippen LogP contribution in [0, 0.1) is 6.92 Å². The van der Waals surface area contributed by atoms with Crippen molar-refractivity contribution in [2.24, 2.45) is 0 Å². The van der Waals surface area contributed by atoms with E-state index in [1.54, 1.807) is 36.4 Å². The minimum atomic E-state index is -0.389. The Kier molecular flexibility index (Phi) is 8.12. The van der Waals surface area contributed by atoms with Gasteiger partial charge in [-0.05, 0) is 50.6 Å². The van der Waals surface area contributed by atoms with Gasteiger partial charge in [0.05, 0.1) is 44.1 Å². The maximum Gasteiger partial charge on any atom is 0.291 e. The van der Waals surface area contributed by atoms with Crippen LogP contribution in [0.2, 0.25) is 0 Å². The van der Waals surface area contributed by atoms with Crippen molar-refractivity contribution in [3.05, 3.63) is 65.6 Å². The predicted octanol–water partition coefficient (Wildman–Crippen LogP) is 4.73. The number of morpholine rings is 1. The lowest BCUT2D eigenvalue weighted by molar-refractivity contribution is 0.0993. The molecule has 1 fully saturated rings.